The molecule has 220 valence electrons. The fourth-order valence-electron chi connectivity index (χ4n) is 6.19. The van der Waals surface area contributed by atoms with Gasteiger partial charge in [-0.15, -0.1) is 0 Å². The van der Waals surface area contributed by atoms with Gasteiger partial charge in [-0.1, -0.05) is 31.4 Å². The molecule has 1 spiro atoms. The Morgan fingerprint density at radius 2 is 1.83 bits per heavy atom. The smallest absolute Gasteiger partial charge is 0.328 e. The number of aromatic nitrogens is 2. The number of morpholine rings is 1. The number of ether oxygens (including phenoxy) is 2. The second-order valence-electron chi connectivity index (χ2n) is 11.3. The lowest BCUT2D eigenvalue weighted by Crippen LogP contribution is -2.53. The third kappa shape index (κ3) is 6.07. The molecular weight excluding hydrogens is 598 g/mol. The number of carbonyl (C=O) groups is 2. The topological polar surface area (TPSA) is 106 Å². The van der Waals surface area contributed by atoms with Gasteiger partial charge in [0.05, 0.1) is 23.1 Å². The van der Waals surface area contributed by atoms with Crippen molar-refractivity contribution in [3.8, 4) is 0 Å². The van der Waals surface area contributed by atoms with Crippen LogP contribution in [0.2, 0.25) is 0 Å². The first kappa shape index (κ1) is 28.8. The normalized spacial score (nSPS) is 19.4. The molecule has 42 heavy (non-hydrogen) atoms. The maximum absolute atomic E-state index is 13.5. The predicted molar refractivity (Wildman–Crippen MR) is 165 cm³/mol. The molecule has 2 aliphatic carbocycles. The van der Waals surface area contributed by atoms with Crippen molar-refractivity contribution in [3.05, 3.63) is 70.7 Å². The summed E-state index contributed by atoms with van der Waals surface area (Å²) < 4.78 is 11.8. The summed E-state index contributed by atoms with van der Waals surface area (Å²) in [6.07, 6.45) is 10.6. The first-order valence-corrected chi connectivity index (χ1v) is 15.6. The van der Waals surface area contributed by atoms with Crippen LogP contribution in [-0.4, -0.2) is 72.1 Å². The predicted octanol–water partition coefficient (Wildman–Crippen LogP) is 4.89. The summed E-state index contributed by atoms with van der Waals surface area (Å²) in [5, 5.41) is 8.87. The average molecular weight is 635 g/mol. The molecule has 0 bridgehead atoms. The van der Waals surface area contributed by atoms with E-state index in [1.165, 1.54) is 0 Å². The van der Waals surface area contributed by atoms with Gasteiger partial charge in [0, 0.05) is 61.4 Å². The number of benzene rings is 1. The van der Waals surface area contributed by atoms with Crippen molar-refractivity contribution in [2.24, 2.45) is 5.41 Å². The van der Waals surface area contributed by atoms with Crippen LogP contribution in [0.25, 0.3) is 10.8 Å². The van der Waals surface area contributed by atoms with Crippen LogP contribution in [0.1, 0.15) is 37.7 Å². The molecule has 2 N–H and O–H groups in total. The number of carbonyl (C=O) groups excluding carboxylic acids is 2. The van der Waals surface area contributed by atoms with Gasteiger partial charge in [-0.25, -0.2) is 9.78 Å². The first-order valence-electron chi connectivity index (χ1n) is 14.8. The molecule has 0 unspecified atom stereocenters. The van der Waals surface area contributed by atoms with E-state index in [2.05, 4.69) is 41.4 Å². The van der Waals surface area contributed by atoms with Crippen LogP contribution in [0.3, 0.4) is 0 Å². The number of halogens is 1. The van der Waals surface area contributed by atoms with E-state index in [9.17, 15) is 9.59 Å². The second kappa shape index (κ2) is 12.9. The molecule has 3 heterocycles. The SMILES string of the molecule is O=C(OCCN1CCOCC1)[C@H](Cc1ccc(Nc2nccc3ccncc23)cc1)NC1=C(Br)C(=O)C12CCCCC2. The molecule has 2 fully saturated rings. The van der Waals surface area contributed by atoms with E-state index in [4.69, 9.17) is 9.47 Å². The van der Waals surface area contributed by atoms with Gasteiger partial charge in [0.1, 0.15) is 18.5 Å². The van der Waals surface area contributed by atoms with Crippen LogP contribution in [0, 0.1) is 5.41 Å². The van der Waals surface area contributed by atoms with E-state index in [1.54, 1.807) is 18.6 Å². The van der Waals surface area contributed by atoms with E-state index in [1.807, 2.05) is 36.4 Å². The summed E-state index contributed by atoms with van der Waals surface area (Å²) in [6.45, 7) is 4.08. The Morgan fingerprint density at radius 1 is 1.07 bits per heavy atom. The largest absolute Gasteiger partial charge is 0.463 e. The monoisotopic (exact) mass is 633 g/mol. The minimum atomic E-state index is -0.617. The number of esters is 1. The third-order valence-corrected chi connectivity index (χ3v) is 9.38. The lowest BCUT2D eigenvalue weighted by Gasteiger charge is -2.46. The minimum Gasteiger partial charge on any atom is -0.463 e. The Bertz CT molecular complexity index is 1460. The zero-order valence-corrected chi connectivity index (χ0v) is 25.2. The number of rotatable bonds is 10. The van der Waals surface area contributed by atoms with Gasteiger partial charge in [0.2, 0.25) is 0 Å². The molecule has 1 aliphatic heterocycles. The zero-order valence-electron chi connectivity index (χ0n) is 23.6. The van der Waals surface area contributed by atoms with Gasteiger partial charge in [-0.2, -0.15) is 0 Å². The van der Waals surface area contributed by atoms with Gasteiger partial charge >= 0.3 is 5.97 Å². The Hall–Kier alpha value is -3.34. The number of nitrogens with one attached hydrogen (secondary N) is 2. The molecular formula is C32H36BrN5O4. The van der Waals surface area contributed by atoms with Crippen molar-refractivity contribution in [3.63, 3.8) is 0 Å². The molecule has 10 heteroatoms. The second-order valence-corrected chi connectivity index (χ2v) is 12.1. The van der Waals surface area contributed by atoms with Crippen LogP contribution in [0.15, 0.2) is 65.2 Å². The minimum absolute atomic E-state index is 0.150. The van der Waals surface area contributed by atoms with E-state index in [0.29, 0.717) is 37.3 Å². The summed E-state index contributed by atoms with van der Waals surface area (Å²) in [7, 11) is 0. The standard InChI is InChI=1S/C32H36BrN5O4/c33-27-28(32(29(27)39)10-2-1-3-11-32)37-26(31(40)42-19-16-38-14-17-41-18-15-38)20-22-4-6-24(7-5-22)36-30-25-21-34-12-8-23(25)9-13-35-30/h4-9,12-13,21,26,37H,1-3,10-11,14-20H2,(H,35,36)/t26-/m0/s1. The average Bonchev–Trinajstić information content (AvgIpc) is 3.04. The van der Waals surface area contributed by atoms with Gasteiger partial charge in [0.15, 0.2) is 5.78 Å². The molecule has 9 nitrogen and oxygen atoms in total. The number of Topliss-reactive ketones (excluding diaryl/α,β-unsaturated/α-hetero) is 1. The maximum atomic E-state index is 13.5. The van der Waals surface area contributed by atoms with Crippen LogP contribution in [-0.2, 0) is 25.5 Å². The highest BCUT2D eigenvalue weighted by Crippen LogP contribution is 2.53. The number of pyridine rings is 2. The lowest BCUT2D eigenvalue weighted by atomic mass is 9.62. The van der Waals surface area contributed by atoms with Crippen LogP contribution in [0.5, 0.6) is 0 Å². The van der Waals surface area contributed by atoms with E-state index >= 15 is 0 Å². The van der Waals surface area contributed by atoms with E-state index < -0.39 is 11.5 Å². The number of ketones is 1. The van der Waals surface area contributed by atoms with Gasteiger partial charge in [-0.05, 0) is 64.0 Å². The molecule has 3 aromatic rings. The van der Waals surface area contributed by atoms with Crippen molar-refractivity contribution in [2.45, 2.75) is 44.6 Å². The summed E-state index contributed by atoms with van der Waals surface area (Å²) in [5.74, 6) is 0.578. The molecule has 0 radical (unpaired) electrons. The molecule has 1 saturated heterocycles. The molecule has 2 aromatic heterocycles. The maximum Gasteiger partial charge on any atom is 0.328 e. The molecule has 6 rings (SSSR count). The number of fused-ring (bicyclic) bond motifs is 1. The number of hydrogen-bond acceptors (Lipinski definition) is 9. The summed E-state index contributed by atoms with van der Waals surface area (Å²) in [5.41, 5.74) is 2.22. The molecule has 1 atom stereocenters. The Morgan fingerprint density at radius 3 is 2.62 bits per heavy atom. The molecule has 3 aliphatic rings. The summed E-state index contributed by atoms with van der Waals surface area (Å²) in [6, 6.07) is 11.3. The highest BCUT2D eigenvalue weighted by atomic mass is 79.9. The van der Waals surface area contributed by atoms with Gasteiger partial charge < -0.3 is 20.1 Å². The Labute approximate surface area is 254 Å². The lowest BCUT2D eigenvalue weighted by molar-refractivity contribution is -0.147. The van der Waals surface area contributed by atoms with Gasteiger partial charge in [0.25, 0.3) is 0 Å². The van der Waals surface area contributed by atoms with Crippen molar-refractivity contribution in [2.75, 3.05) is 44.8 Å². The third-order valence-electron chi connectivity index (χ3n) is 8.62. The Kier molecular flexibility index (Phi) is 8.83. The fourth-order valence-corrected chi connectivity index (χ4v) is 7.07. The van der Waals surface area contributed by atoms with Gasteiger partial charge in [-0.3, -0.25) is 14.7 Å². The number of hydrogen-bond donors (Lipinski definition) is 2. The first-order chi connectivity index (χ1) is 20.5. The van der Waals surface area contributed by atoms with Crippen LogP contribution in [0.4, 0.5) is 11.5 Å². The number of allylic oxidation sites excluding steroid dienone is 2. The fraction of sp³-hybridized carbons (Fsp3) is 0.438. The highest BCUT2D eigenvalue weighted by molar-refractivity contribution is 9.12. The summed E-state index contributed by atoms with van der Waals surface area (Å²) in [4.78, 5) is 37.4. The van der Waals surface area contributed by atoms with E-state index in [-0.39, 0.29) is 11.8 Å². The van der Waals surface area contributed by atoms with Crippen molar-refractivity contribution >= 4 is 50.0 Å². The zero-order chi connectivity index (χ0) is 28.9. The Balaban J connectivity index is 1.16. The van der Waals surface area contributed by atoms with Crippen LogP contribution < -0.4 is 10.6 Å². The molecule has 1 aromatic carbocycles. The number of nitrogens with zero attached hydrogens (tertiary/aromatic N) is 3. The van der Waals surface area contributed by atoms with Crippen LogP contribution >= 0.6 is 15.9 Å². The quantitative estimate of drug-likeness (QED) is 0.302. The van der Waals surface area contributed by atoms with Crippen molar-refractivity contribution < 1.29 is 19.1 Å². The molecule has 1 saturated carbocycles. The highest BCUT2D eigenvalue weighted by Gasteiger charge is 2.53. The van der Waals surface area contributed by atoms with Crippen molar-refractivity contribution in [1.82, 2.24) is 20.2 Å². The summed E-state index contributed by atoms with van der Waals surface area (Å²) >= 11 is 3.51. The van der Waals surface area contributed by atoms with E-state index in [0.717, 1.165) is 78.7 Å². The molecule has 0 amide bonds. The number of anilines is 2. The van der Waals surface area contributed by atoms with Crippen molar-refractivity contribution in [1.29, 1.82) is 0 Å².